The zero-order valence-electron chi connectivity index (χ0n) is 12.0. The number of sulfone groups is 1. The first-order chi connectivity index (χ1) is 9.07. The van der Waals surface area contributed by atoms with E-state index in [2.05, 4.69) is 4.90 Å². The zero-order valence-corrected chi connectivity index (χ0v) is 12.8. The van der Waals surface area contributed by atoms with Gasteiger partial charge in [-0.15, -0.1) is 0 Å². The molecule has 0 aromatic carbocycles. The lowest BCUT2D eigenvalue weighted by Gasteiger charge is -2.31. The summed E-state index contributed by atoms with van der Waals surface area (Å²) in [6.07, 6.45) is 3.95. The van der Waals surface area contributed by atoms with Gasteiger partial charge >= 0.3 is 0 Å². The van der Waals surface area contributed by atoms with Crippen LogP contribution in [0.2, 0.25) is 0 Å². The van der Waals surface area contributed by atoms with Gasteiger partial charge in [-0.25, -0.2) is 8.42 Å². The normalized spacial score (nSPS) is 18.8. The van der Waals surface area contributed by atoms with Crippen molar-refractivity contribution in [2.24, 2.45) is 5.73 Å². The van der Waals surface area contributed by atoms with E-state index in [-0.39, 0.29) is 0 Å². The van der Waals surface area contributed by atoms with Crippen molar-refractivity contribution in [1.29, 1.82) is 0 Å². The second-order valence-corrected chi connectivity index (χ2v) is 7.51. The van der Waals surface area contributed by atoms with E-state index in [4.69, 9.17) is 10.5 Å². The molecule has 0 amide bonds. The summed E-state index contributed by atoms with van der Waals surface area (Å²) in [5.74, 6) is 0.602. The highest BCUT2D eigenvalue weighted by Gasteiger charge is 2.20. The van der Waals surface area contributed by atoms with Gasteiger partial charge in [0.1, 0.15) is 0 Å². The molecule has 1 fully saturated rings. The van der Waals surface area contributed by atoms with Crippen LogP contribution in [0.1, 0.15) is 32.6 Å². The number of hydrogen-bond acceptors (Lipinski definition) is 5. The Kier molecular flexibility index (Phi) is 7.90. The van der Waals surface area contributed by atoms with Crippen molar-refractivity contribution in [3.8, 4) is 0 Å². The molecule has 2 N–H and O–H groups in total. The molecule has 1 rings (SSSR count). The first kappa shape index (κ1) is 16.9. The summed E-state index contributed by atoms with van der Waals surface area (Å²) in [5.41, 5.74) is 5.43. The third-order valence-corrected chi connectivity index (χ3v) is 5.31. The molecule has 1 heterocycles. The predicted octanol–water partition coefficient (Wildman–Crippen LogP) is 0.641. The molecular formula is C13H28N2O3S. The van der Waals surface area contributed by atoms with Crippen molar-refractivity contribution in [1.82, 2.24) is 4.90 Å². The molecule has 0 bridgehead atoms. The maximum Gasteiger partial charge on any atom is 0.151 e. The summed E-state index contributed by atoms with van der Waals surface area (Å²) in [4.78, 5) is 2.23. The van der Waals surface area contributed by atoms with E-state index in [0.29, 0.717) is 37.1 Å². The first-order valence-corrected chi connectivity index (χ1v) is 9.14. The Morgan fingerprint density at radius 2 is 1.95 bits per heavy atom. The molecule has 0 saturated carbocycles. The zero-order chi connectivity index (χ0) is 14.1. The summed E-state index contributed by atoms with van der Waals surface area (Å²) in [7, 11) is -2.85. The summed E-state index contributed by atoms with van der Waals surface area (Å²) in [6, 6.07) is 0. The van der Waals surface area contributed by atoms with Crippen molar-refractivity contribution in [2.75, 3.05) is 44.3 Å². The largest absolute Gasteiger partial charge is 0.378 e. The van der Waals surface area contributed by atoms with E-state index in [1.165, 1.54) is 0 Å². The van der Waals surface area contributed by atoms with Gasteiger partial charge in [-0.05, 0) is 32.2 Å². The molecule has 0 aromatic rings. The molecule has 0 spiro atoms. The summed E-state index contributed by atoms with van der Waals surface area (Å²) >= 11 is 0. The average Bonchev–Trinajstić information content (AvgIpc) is 2.38. The molecule has 6 heteroatoms. The van der Waals surface area contributed by atoms with Crippen LogP contribution in [0.4, 0.5) is 0 Å². The van der Waals surface area contributed by atoms with Crippen molar-refractivity contribution in [2.45, 2.75) is 38.7 Å². The van der Waals surface area contributed by atoms with Crippen LogP contribution in [0.3, 0.4) is 0 Å². The number of likely N-dealkylation sites (tertiary alicyclic amines) is 1. The molecule has 0 aromatic heterocycles. The summed E-state index contributed by atoms with van der Waals surface area (Å²) in [6.45, 7) is 5.86. The second kappa shape index (κ2) is 8.89. The van der Waals surface area contributed by atoms with Crippen LogP contribution in [0.5, 0.6) is 0 Å². The first-order valence-electron chi connectivity index (χ1n) is 7.32. The molecule has 1 aliphatic rings. The fraction of sp³-hybridized carbons (Fsp3) is 1.00. The van der Waals surface area contributed by atoms with Gasteiger partial charge in [0.25, 0.3) is 0 Å². The predicted molar refractivity (Wildman–Crippen MR) is 78.0 cm³/mol. The Morgan fingerprint density at radius 3 is 2.53 bits per heavy atom. The Balaban J connectivity index is 2.16. The number of nitrogens with two attached hydrogens (primary N) is 1. The minimum Gasteiger partial charge on any atom is -0.378 e. The molecule has 0 unspecified atom stereocenters. The quantitative estimate of drug-likeness (QED) is 0.631. The number of hydrogen-bond donors (Lipinski definition) is 1. The van der Waals surface area contributed by atoms with Crippen LogP contribution in [0, 0.1) is 0 Å². The van der Waals surface area contributed by atoms with Crippen LogP contribution in [-0.4, -0.2) is 63.7 Å². The van der Waals surface area contributed by atoms with Crippen LogP contribution >= 0.6 is 0 Å². The maximum atomic E-state index is 11.6. The molecular weight excluding hydrogens is 264 g/mol. The van der Waals surface area contributed by atoms with Crippen molar-refractivity contribution >= 4 is 9.84 Å². The van der Waals surface area contributed by atoms with Crippen LogP contribution in [-0.2, 0) is 14.6 Å². The number of piperidine rings is 1. The van der Waals surface area contributed by atoms with Gasteiger partial charge in [0.2, 0.25) is 0 Å². The molecule has 5 nitrogen and oxygen atoms in total. The van der Waals surface area contributed by atoms with Crippen molar-refractivity contribution in [3.63, 3.8) is 0 Å². The lowest BCUT2D eigenvalue weighted by atomic mass is 10.1. The number of nitrogens with zero attached hydrogens (tertiary/aromatic N) is 1. The van der Waals surface area contributed by atoms with Crippen molar-refractivity contribution < 1.29 is 13.2 Å². The lowest BCUT2D eigenvalue weighted by Crippen LogP contribution is -2.39. The molecule has 1 aliphatic heterocycles. The standard InChI is InChI=1S/C13H28N2O3S/c1-2-11-19(16,17)12-9-15-7-4-13(5-8-15)18-10-3-6-14/h13H,2-12,14H2,1H3. The minimum absolute atomic E-state index is 0.291. The van der Waals surface area contributed by atoms with E-state index in [0.717, 1.165) is 39.0 Å². The van der Waals surface area contributed by atoms with Gasteiger partial charge in [0.05, 0.1) is 11.9 Å². The van der Waals surface area contributed by atoms with Gasteiger partial charge in [0, 0.05) is 32.0 Å². The molecule has 0 atom stereocenters. The third-order valence-electron chi connectivity index (χ3n) is 3.47. The van der Waals surface area contributed by atoms with E-state index in [1.807, 2.05) is 6.92 Å². The smallest absolute Gasteiger partial charge is 0.151 e. The van der Waals surface area contributed by atoms with E-state index in [1.54, 1.807) is 0 Å². The molecule has 0 aliphatic carbocycles. The van der Waals surface area contributed by atoms with Crippen LogP contribution in [0.15, 0.2) is 0 Å². The Morgan fingerprint density at radius 1 is 1.26 bits per heavy atom. The lowest BCUT2D eigenvalue weighted by molar-refractivity contribution is 0.00849. The highest BCUT2D eigenvalue weighted by molar-refractivity contribution is 7.91. The highest BCUT2D eigenvalue weighted by atomic mass is 32.2. The Bertz CT molecular complexity index is 325. The second-order valence-electron chi connectivity index (χ2n) is 5.21. The number of rotatable bonds is 9. The van der Waals surface area contributed by atoms with Gasteiger partial charge < -0.3 is 15.4 Å². The average molecular weight is 292 g/mol. The maximum absolute atomic E-state index is 11.6. The topological polar surface area (TPSA) is 72.6 Å². The fourth-order valence-electron chi connectivity index (χ4n) is 2.31. The summed E-state index contributed by atoms with van der Waals surface area (Å²) in [5, 5.41) is 0. The Hall–Kier alpha value is -0.170. The fourth-order valence-corrected chi connectivity index (χ4v) is 3.68. The van der Waals surface area contributed by atoms with Gasteiger partial charge in [-0.2, -0.15) is 0 Å². The van der Waals surface area contributed by atoms with Crippen molar-refractivity contribution in [3.05, 3.63) is 0 Å². The SMILES string of the molecule is CCCS(=O)(=O)CCN1CCC(OCCCN)CC1. The van der Waals surface area contributed by atoms with Gasteiger partial charge in [-0.1, -0.05) is 6.92 Å². The van der Waals surface area contributed by atoms with Crippen LogP contribution < -0.4 is 5.73 Å². The molecule has 114 valence electrons. The van der Waals surface area contributed by atoms with Gasteiger partial charge in [-0.3, -0.25) is 0 Å². The van der Waals surface area contributed by atoms with E-state index in [9.17, 15) is 8.42 Å². The molecule has 19 heavy (non-hydrogen) atoms. The molecule has 0 radical (unpaired) electrons. The third kappa shape index (κ3) is 7.25. The number of ether oxygens (including phenoxy) is 1. The highest BCUT2D eigenvalue weighted by Crippen LogP contribution is 2.14. The van der Waals surface area contributed by atoms with E-state index < -0.39 is 9.84 Å². The van der Waals surface area contributed by atoms with Crippen LogP contribution in [0.25, 0.3) is 0 Å². The summed E-state index contributed by atoms with van der Waals surface area (Å²) < 4.78 is 29.0. The minimum atomic E-state index is -2.85. The Labute approximate surface area is 117 Å². The molecule has 1 saturated heterocycles. The van der Waals surface area contributed by atoms with Gasteiger partial charge in [0.15, 0.2) is 9.84 Å². The monoisotopic (exact) mass is 292 g/mol. The van der Waals surface area contributed by atoms with E-state index >= 15 is 0 Å².